The molecule has 0 amide bonds. The molecule has 0 spiro atoms. The number of unbranched alkanes of at least 4 members (excludes halogenated alkanes) is 7. The average Bonchev–Trinajstić information content (AvgIpc) is 2.31. The van der Waals surface area contributed by atoms with Crippen molar-refractivity contribution in [1.29, 1.82) is 0 Å². The summed E-state index contributed by atoms with van der Waals surface area (Å²) in [6.07, 6.45) is 19.9. The van der Waals surface area contributed by atoms with Crippen molar-refractivity contribution in [3.8, 4) is 0 Å². The molecule has 0 atom stereocenters. The van der Waals surface area contributed by atoms with Gasteiger partial charge in [-0.1, -0.05) is 63.3 Å². The minimum atomic E-state index is 0.357. The smallest absolute Gasteiger partial charge is 0.0431 e. The summed E-state index contributed by atoms with van der Waals surface area (Å²) in [5.41, 5.74) is 0. The van der Waals surface area contributed by atoms with Gasteiger partial charge in [0, 0.05) is 6.61 Å². The molecular weight excluding hydrogens is 196 g/mol. The highest BCUT2D eigenvalue weighted by Crippen LogP contribution is 2.08. The first-order valence-corrected chi connectivity index (χ1v) is 6.84. The third-order valence-electron chi connectivity index (χ3n) is 2.65. The maximum absolute atomic E-state index is 8.61. The molecule has 0 aromatic rings. The Morgan fingerprint density at radius 3 is 1.94 bits per heavy atom. The minimum Gasteiger partial charge on any atom is -0.396 e. The van der Waals surface area contributed by atoms with Crippen LogP contribution in [0.2, 0.25) is 0 Å². The van der Waals surface area contributed by atoms with Crippen LogP contribution in [0.3, 0.4) is 0 Å². The molecule has 0 aromatic heterocycles. The van der Waals surface area contributed by atoms with Gasteiger partial charge >= 0.3 is 0 Å². The maximum atomic E-state index is 8.61. The van der Waals surface area contributed by atoms with Crippen LogP contribution < -0.4 is 0 Å². The van der Waals surface area contributed by atoms with Crippen molar-refractivity contribution in [3.05, 3.63) is 24.3 Å². The highest BCUT2D eigenvalue weighted by molar-refractivity contribution is 5.01. The van der Waals surface area contributed by atoms with E-state index in [0.717, 1.165) is 12.8 Å². The van der Waals surface area contributed by atoms with Crippen LogP contribution in [0.1, 0.15) is 64.7 Å². The summed E-state index contributed by atoms with van der Waals surface area (Å²) in [6, 6.07) is 0. The summed E-state index contributed by atoms with van der Waals surface area (Å²) in [4.78, 5) is 0. The molecule has 0 aliphatic rings. The van der Waals surface area contributed by atoms with E-state index in [1.54, 1.807) is 0 Å². The van der Waals surface area contributed by atoms with Gasteiger partial charge in [-0.05, 0) is 25.7 Å². The molecule has 94 valence electrons. The lowest BCUT2D eigenvalue weighted by atomic mass is 10.1. The molecule has 1 nitrogen and oxygen atoms in total. The first-order valence-electron chi connectivity index (χ1n) is 6.84. The Morgan fingerprint density at radius 1 is 0.750 bits per heavy atom. The van der Waals surface area contributed by atoms with Gasteiger partial charge in [-0.15, -0.1) is 0 Å². The molecule has 0 radical (unpaired) electrons. The Kier molecular flexibility index (Phi) is 13.9. The van der Waals surface area contributed by atoms with E-state index >= 15 is 0 Å². The van der Waals surface area contributed by atoms with Gasteiger partial charge in [0.15, 0.2) is 0 Å². The molecule has 0 unspecified atom stereocenters. The molecule has 0 bridgehead atoms. The van der Waals surface area contributed by atoms with Gasteiger partial charge in [0.25, 0.3) is 0 Å². The van der Waals surface area contributed by atoms with Gasteiger partial charge in [0.05, 0.1) is 0 Å². The number of allylic oxidation sites excluding steroid dienone is 4. The second kappa shape index (κ2) is 14.4. The number of rotatable bonds is 11. The predicted molar refractivity (Wildman–Crippen MR) is 72.6 cm³/mol. The molecule has 0 heterocycles. The summed E-state index contributed by atoms with van der Waals surface area (Å²) in [6.45, 7) is 2.51. The Morgan fingerprint density at radius 2 is 1.31 bits per heavy atom. The largest absolute Gasteiger partial charge is 0.396 e. The second-order valence-corrected chi connectivity index (χ2v) is 4.25. The van der Waals surface area contributed by atoms with Crippen molar-refractivity contribution in [2.45, 2.75) is 64.7 Å². The normalized spacial score (nSPS) is 11.9. The first-order chi connectivity index (χ1) is 7.91. The molecule has 0 fully saturated rings. The van der Waals surface area contributed by atoms with Crippen LogP contribution in [-0.4, -0.2) is 11.7 Å². The zero-order chi connectivity index (χ0) is 11.9. The van der Waals surface area contributed by atoms with Crippen LogP contribution in [0.15, 0.2) is 24.3 Å². The molecule has 1 heteroatoms. The van der Waals surface area contributed by atoms with Crippen LogP contribution in [0.5, 0.6) is 0 Å². The zero-order valence-corrected chi connectivity index (χ0v) is 10.8. The molecule has 0 aliphatic carbocycles. The molecule has 0 rings (SSSR count). The van der Waals surface area contributed by atoms with Crippen LogP contribution in [0.4, 0.5) is 0 Å². The summed E-state index contributed by atoms with van der Waals surface area (Å²) in [5.74, 6) is 0. The standard InChI is InChI=1S/C15H28O/c1-2-3-4-5-6-7-8-9-10-11-12-13-14-15-16/h3-6,16H,2,7-15H2,1H3/b4-3+,6-5-. The van der Waals surface area contributed by atoms with Crippen molar-refractivity contribution in [3.63, 3.8) is 0 Å². The second-order valence-electron chi connectivity index (χ2n) is 4.25. The quantitative estimate of drug-likeness (QED) is 0.401. The molecule has 16 heavy (non-hydrogen) atoms. The SMILES string of the molecule is CC/C=C/C=C\CCCCCCCCCO. The summed E-state index contributed by atoms with van der Waals surface area (Å²) >= 11 is 0. The Balaban J connectivity index is 3.03. The van der Waals surface area contributed by atoms with Crippen molar-refractivity contribution >= 4 is 0 Å². The monoisotopic (exact) mass is 224 g/mol. The Hall–Kier alpha value is -0.560. The van der Waals surface area contributed by atoms with Gasteiger partial charge in [0.2, 0.25) is 0 Å². The Labute approximate surface area is 101 Å². The number of hydrogen-bond acceptors (Lipinski definition) is 1. The highest BCUT2D eigenvalue weighted by atomic mass is 16.2. The number of aliphatic hydroxyl groups is 1. The molecule has 0 aliphatic heterocycles. The molecule has 0 aromatic carbocycles. The van der Waals surface area contributed by atoms with E-state index in [4.69, 9.17) is 5.11 Å². The zero-order valence-electron chi connectivity index (χ0n) is 10.8. The average molecular weight is 224 g/mol. The number of hydrogen-bond donors (Lipinski definition) is 1. The fourth-order valence-electron chi connectivity index (χ4n) is 1.65. The number of aliphatic hydroxyl groups excluding tert-OH is 1. The van der Waals surface area contributed by atoms with Gasteiger partial charge in [-0.25, -0.2) is 0 Å². The van der Waals surface area contributed by atoms with Crippen LogP contribution in [-0.2, 0) is 0 Å². The molecular formula is C15H28O. The molecule has 1 N–H and O–H groups in total. The van der Waals surface area contributed by atoms with Crippen LogP contribution >= 0.6 is 0 Å². The summed E-state index contributed by atoms with van der Waals surface area (Å²) in [5, 5.41) is 8.61. The van der Waals surface area contributed by atoms with Gasteiger partial charge in [0.1, 0.15) is 0 Å². The van der Waals surface area contributed by atoms with E-state index in [1.807, 2.05) is 0 Å². The molecule has 0 saturated heterocycles. The van der Waals surface area contributed by atoms with Crippen LogP contribution in [0.25, 0.3) is 0 Å². The van der Waals surface area contributed by atoms with Crippen molar-refractivity contribution in [2.75, 3.05) is 6.61 Å². The van der Waals surface area contributed by atoms with Crippen molar-refractivity contribution in [2.24, 2.45) is 0 Å². The Bertz CT molecular complexity index is 170. The predicted octanol–water partition coefficient (Wildman–Crippen LogP) is 4.62. The van der Waals surface area contributed by atoms with Crippen molar-refractivity contribution < 1.29 is 5.11 Å². The summed E-state index contributed by atoms with van der Waals surface area (Å²) < 4.78 is 0. The third-order valence-corrected chi connectivity index (χ3v) is 2.65. The van der Waals surface area contributed by atoms with Crippen LogP contribution in [0, 0.1) is 0 Å². The lowest BCUT2D eigenvalue weighted by molar-refractivity contribution is 0.282. The van der Waals surface area contributed by atoms with Gasteiger partial charge < -0.3 is 5.11 Å². The van der Waals surface area contributed by atoms with Gasteiger partial charge in [-0.2, -0.15) is 0 Å². The fraction of sp³-hybridized carbons (Fsp3) is 0.733. The lowest BCUT2D eigenvalue weighted by Crippen LogP contribution is -1.83. The minimum absolute atomic E-state index is 0.357. The summed E-state index contributed by atoms with van der Waals surface area (Å²) in [7, 11) is 0. The van der Waals surface area contributed by atoms with E-state index in [9.17, 15) is 0 Å². The van der Waals surface area contributed by atoms with E-state index in [-0.39, 0.29) is 0 Å². The van der Waals surface area contributed by atoms with E-state index < -0.39 is 0 Å². The lowest BCUT2D eigenvalue weighted by Gasteiger charge is -1.99. The maximum Gasteiger partial charge on any atom is 0.0431 e. The molecule has 0 saturated carbocycles. The first kappa shape index (κ1) is 15.4. The fourth-order valence-corrected chi connectivity index (χ4v) is 1.65. The highest BCUT2D eigenvalue weighted by Gasteiger charge is 1.90. The van der Waals surface area contributed by atoms with E-state index in [2.05, 4.69) is 31.2 Å². The van der Waals surface area contributed by atoms with E-state index in [1.165, 1.54) is 44.9 Å². The third kappa shape index (κ3) is 13.4. The topological polar surface area (TPSA) is 20.2 Å². The van der Waals surface area contributed by atoms with E-state index in [0.29, 0.717) is 6.61 Å². The van der Waals surface area contributed by atoms with Gasteiger partial charge in [-0.3, -0.25) is 0 Å². The van der Waals surface area contributed by atoms with Crippen molar-refractivity contribution in [1.82, 2.24) is 0 Å².